The Morgan fingerprint density at radius 2 is 2.43 bits per heavy atom. The first-order chi connectivity index (χ1) is 10.3. The molecule has 3 heterocycles. The molecular formula is C14H22N4OS2. The molecule has 1 atom stereocenters. The highest BCUT2D eigenvalue weighted by atomic mass is 32.2. The maximum Gasteiger partial charge on any atom is 0.195 e. The molecule has 0 aromatic carbocycles. The van der Waals surface area contributed by atoms with Gasteiger partial charge >= 0.3 is 0 Å². The molecule has 2 aromatic heterocycles. The molecule has 0 aliphatic carbocycles. The van der Waals surface area contributed by atoms with Gasteiger partial charge in [-0.05, 0) is 0 Å². The van der Waals surface area contributed by atoms with Crippen LogP contribution in [-0.4, -0.2) is 53.7 Å². The van der Waals surface area contributed by atoms with Crippen LogP contribution in [0.3, 0.4) is 0 Å². The molecule has 1 unspecified atom stereocenters. The van der Waals surface area contributed by atoms with Crippen LogP contribution in [0.5, 0.6) is 0 Å². The second kappa shape index (κ2) is 7.00. The molecule has 5 nitrogen and oxygen atoms in total. The lowest BCUT2D eigenvalue weighted by Crippen LogP contribution is -2.37. The van der Waals surface area contributed by atoms with Crippen molar-refractivity contribution >= 4 is 33.9 Å². The molecule has 0 spiro atoms. The highest BCUT2D eigenvalue weighted by molar-refractivity contribution is 8.00. The van der Waals surface area contributed by atoms with Crippen LogP contribution < -0.4 is 10.2 Å². The summed E-state index contributed by atoms with van der Waals surface area (Å²) < 4.78 is 7.31. The van der Waals surface area contributed by atoms with Gasteiger partial charge in [0, 0.05) is 55.9 Å². The number of imidazole rings is 1. The van der Waals surface area contributed by atoms with E-state index in [0.29, 0.717) is 5.25 Å². The van der Waals surface area contributed by atoms with Gasteiger partial charge in [0.05, 0.1) is 12.3 Å². The summed E-state index contributed by atoms with van der Waals surface area (Å²) in [6.45, 7) is 6.89. The zero-order chi connectivity index (χ0) is 14.7. The molecule has 0 radical (unpaired) electrons. The van der Waals surface area contributed by atoms with E-state index in [4.69, 9.17) is 9.72 Å². The Bertz CT molecular complexity index is 583. The summed E-state index contributed by atoms with van der Waals surface area (Å²) in [5, 5.41) is 6.22. The molecule has 2 aromatic rings. The van der Waals surface area contributed by atoms with E-state index < -0.39 is 0 Å². The molecule has 0 amide bonds. The number of anilines is 1. The van der Waals surface area contributed by atoms with Crippen molar-refractivity contribution in [3.63, 3.8) is 0 Å². The van der Waals surface area contributed by atoms with Gasteiger partial charge in [0.2, 0.25) is 0 Å². The van der Waals surface area contributed by atoms with E-state index in [1.165, 1.54) is 11.4 Å². The lowest BCUT2D eigenvalue weighted by Gasteiger charge is -2.31. The van der Waals surface area contributed by atoms with Gasteiger partial charge in [0.25, 0.3) is 0 Å². The van der Waals surface area contributed by atoms with Gasteiger partial charge in [-0.3, -0.25) is 4.40 Å². The quantitative estimate of drug-likeness (QED) is 0.823. The highest BCUT2D eigenvalue weighted by Gasteiger charge is 2.23. The summed E-state index contributed by atoms with van der Waals surface area (Å²) in [6.07, 6.45) is 2.12. The maximum absolute atomic E-state index is 5.10. The van der Waals surface area contributed by atoms with E-state index in [9.17, 15) is 0 Å². The van der Waals surface area contributed by atoms with E-state index in [1.54, 1.807) is 18.4 Å². The summed E-state index contributed by atoms with van der Waals surface area (Å²) in [4.78, 5) is 8.38. The Balaban J connectivity index is 1.81. The van der Waals surface area contributed by atoms with Gasteiger partial charge < -0.3 is 15.0 Å². The normalized spacial score (nSPS) is 19.5. The van der Waals surface area contributed by atoms with Crippen LogP contribution in [0.1, 0.15) is 12.6 Å². The van der Waals surface area contributed by atoms with E-state index in [-0.39, 0.29) is 0 Å². The third-order valence-corrected chi connectivity index (χ3v) is 5.55. The maximum atomic E-state index is 5.10. The number of nitrogens with zero attached hydrogens (tertiary/aromatic N) is 3. The number of thioether (sulfide) groups is 1. The Kier molecular flexibility index (Phi) is 5.05. The second-order valence-corrected chi connectivity index (χ2v) is 7.65. The Labute approximate surface area is 133 Å². The third kappa shape index (κ3) is 3.36. The van der Waals surface area contributed by atoms with Gasteiger partial charge in [0.1, 0.15) is 0 Å². The number of rotatable bonds is 6. The molecule has 3 rings (SSSR count). The van der Waals surface area contributed by atoms with Crippen LogP contribution in [0, 0.1) is 0 Å². The zero-order valence-electron chi connectivity index (χ0n) is 12.5. The fourth-order valence-electron chi connectivity index (χ4n) is 2.63. The van der Waals surface area contributed by atoms with Gasteiger partial charge in [-0.2, -0.15) is 11.8 Å². The number of thiazole rings is 1. The van der Waals surface area contributed by atoms with E-state index in [1.807, 2.05) is 11.8 Å². The predicted octanol–water partition coefficient (Wildman–Crippen LogP) is 2.07. The van der Waals surface area contributed by atoms with E-state index >= 15 is 0 Å². The topological polar surface area (TPSA) is 41.8 Å². The summed E-state index contributed by atoms with van der Waals surface area (Å²) in [5.41, 5.74) is 1.27. The minimum absolute atomic E-state index is 0.674. The Morgan fingerprint density at radius 1 is 1.52 bits per heavy atom. The van der Waals surface area contributed by atoms with Crippen LogP contribution in [0.15, 0.2) is 11.6 Å². The molecule has 1 saturated heterocycles. The van der Waals surface area contributed by atoms with Crippen molar-refractivity contribution < 1.29 is 4.74 Å². The molecule has 1 N–H and O–H groups in total. The molecule has 0 bridgehead atoms. The number of hydrogen-bond acceptors (Lipinski definition) is 6. The number of nitrogens with one attached hydrogen (secondary N) is 1. The first kappa shape index (κ1) is 15.1. The minimum Gasteiger partial charge on any atom is -0.383 e. The molecule has 21 heavy (non-hydrogen) atoms. The van der Waals surface area contributed by atoms with Crippen molar-refractivity contribution in [1.82, 2.24) is 14.7 Å². The molecule has 1 aliphatic rings. The van der Waals surface area contributed by atoms with Crippen LogP contribution >= 0.6 is 23.1 Å². The van der Waals surface area contributed by atoms with Crippen molar-refractivity contribution in [1.29, 1.82) is 0 Å². The van der Waals surface area contributed by atoms with Crippen LogP contribution in [0.4, 0.5) is 5.82 Å². The number of hydrogen-bond donors (Lipinski definition) is 1. The van der Waals surface area contributed by atoms with Crippen LogP contribution in [0.2, 0.25) is 0 Å². The molecule has 116 valence electrons. The van der Waals surface area contributed by atoms with Crippen LogP contribution in [-0.2, 0) is 11.3 Å². The van der Waals surface area contributed by atoms with Crippen molar-refractivity contribution in [2.24, 2.45) is 0 Å². The summed E-state index contributed by atoms with van der Waals surface area (Å²) in [7, 11) is 1.73. The number of fused-ring (bicyclic) bond motifs is 1. The van der Waals surface area contributed by atoms with Gasteiger partial charge in [0.15, 0.2) is 10.8 Å². The lowest BCUT2D eigenvalue weighted by atomic mass is 10.3. The standard InChI is InChI=1S/C14H22N4OS2/c1-11-10-17(4-7-20-11)13-12(9-15-3-6-19-2)18-5-8-21-14(18)16-13/h5,8,11,15H,3-4,6-7,9-10H2,1-2H3. The van der Waals surface area contributed by atoms with Gasteiger partial charge in [-0.15, -0.1) is 11.3 Å². The van der Waals surface area contributed by atoms with Crippen molar-refractivity contribution in [3.8, 4) is 0 Å². The predicted molar refractivity (Wildman–Crippen MR) is 90.8 cm³/mol. The fourth-order valence-corrected chi connectivity index (χ4v) is 4.37. The van der Waals surface area contributed by atoms with Gasteiger partial charge in [-0.25, -0.2) is 4.98 Å². The van der Waals surface area contributed by atoms with Crippen LogP contribution in [0.25, 0.3) is 4.96 Å². The molecule has 1 aliphatic heterocycles. The largest absolute Gasteiger partial charge is 0.383 e. The smallest absolute Gasteiger partial charge is 0.195 e. The third-order valence-electron chi connectivity index (χ3n) is 3.66. The number of aromatic nitrogens is 2. The number of ether oxygens (including phenoxy) is 1. The minimum atomic E-state index is 0.674. The van der Waals surface area contributed by atoms with Crippen molar-refractivity contribution in [3.05, 3.63) is 17.3 Å². The van der Waals surface area contributed by atoms with Gasteiger partial charge in [-0.1, -0.05) is 6.92 Å². The average Bonchev–Trinajstić information content (AvgIpc) is 3.05. The molecular weight excluding hydrogens is 304 g/mol. The lowest BCUT2D eigenvalue weighted by molar-refractivity contribution is 0.199. The molecule has 1 fully saturated rings. The first-order valence-corrected chi connectivity index (χ1v) is 9.23. The summed E-state index contributed by atoms with van der Waals surface area (Å²) >= 11 is 3.75. The second-order valence-electron chi connectivity index (χ2n) is 5.23. The number of methoxy groups -OCH3 is 1. The fraction of sp³-hybridized carbons (Fsp3) is 0.643. The van der Waals surface area contributed by atoms with E-state index in [2.05, 4.69) is 33.1 Å². The zero-order valence-corrected chi connectivity index (χ0v) is 14.2. The molecule has 0 saturated carbocycles. The van der Waals surface area contributed by atoms with Crippen molar-refractivity contribution in [2.75, 3.05) is 44.0 Å². The SMILES string of the molecule is COCCNCc1c(N2CCSC(C)C2)nc2sccn12. The average molecular weight is 326 g/mol. The van der Waals surface area contributed by atoms with E-state index in [0.717, 1.165) is 43.6 Å². The summed E-state index contributed by atoms with van der Waals surface area (Å²) in [5.74, 6) is 2.34. The summed E-state index contributed by atoms with van der Waals surface area (Å²) in [6, 6.07) is 0. The van der Waals surface area contributed by atoms with Crippen molar-refractivity contribution in [2.45, 2.75) is 18.7 Å². The highest BCUT2D eigenvalue weighted by Crippen LogP contribution is 2.28. The first-order valence-electron chi connectivity index (χ1n) is 7.30. The Hall–Kier alpha value is -0.760. The monoisotopic (exact) mass is 326 g/mol. The Morgan fingerprint density at radius 3 is 3.24 bits per heavy atom. The molecule has 7 heteroatoms.